The van der Waals surface area contributed by atoms with Crippen LogP contribution in [0.5, 0.6) is 11.5 Å². The van der Waals surface area contributed by atoms with E-state index in [0.29, 0.717) is 47.8 Å². The van der Waals surface area contributed by atoms with Crippen molar-refractivity contribution in [3.63, 3.8) is 0 Å². The largest absolute Gasteiger partial charge is 0.493 e. The van der Waals surface area contributed by atoms with Gasteiger partial charge in [0.2, 0.25) is 0 Å². The van der Waals surface area contributed by atoms with Crippen molar-refractivity contribution in [2.45, 2.75) is 64.7 Å². The maximum atomic E-state index is 12.9. The lowest BCUT2D eigenvalue weighted by Crippen LogP contribution is -2.18. The van der Waals surface area contributed by atoms with E-state index in [1.54, 1.807) is 14.2 Å². The molecule has 0 aliphatic heterocycles. The molecule has 1 N–H and O–H groups in total. The Morgan fingerprint density at radius 1 is 1.06 bits per heavy atom. The summed E-state index contributed by atoms with van der Waals surface area (Å²) in [5.41, 5.74) is 3.57. The van der Waals surface area contributed by atoms with Crippen LogP contribution in [0.3, 0.4) is 0 Å². The van der Waals surface area contributed by atoms with Crippen molar-refractivity contribution in [1.82, 2.24) is 4.98 Å². The maximum Gasteiger partial charge on any atom is 0.355 e. The van der Waals surface area contributed by atoms with Crippen LogP contribution in [0.25, 0.3) is 0 Å². The molecule has 1 aromatic heterocycles. The van der Waals surface area contributed by atoms with E-state index in [-0.39, 0.29) is 17.7 Å². The maximum absolute atomic E-state index is 12.9. The number of aromatic nitrogens is 1. The fourth-order valence-electron chi connectivity index (χ4n) is 4.32. The van der Waals surface area contributed by atoms with E-state index in [9.17, 15) is 9.59 Å². The molecule has 1 atom stereocenters. The molecule has 31 heavy (non-hydrogen) atoms. The molecule has 0 spiro atoms. The first-order valence-electron chi connectivity index (χ1n) is 11.1. The van der Waals surface area contributed by atoms with Crippen molar-refractivity contribution in [2.24, 2.45) is 0 Å². The smallest absolute Gasteiger partial charge is 0.355 e. The topological polar surface area (TPSA) is 77.6 Å². The third-order valence-electron chi connectivity index (χ3n) is 6.05. The normalized spacial score (nSPS) is 15.5. The Labute approximate surface area is 184 Å². The summed E-state index contributed by atoms with van der Waals surface area (Å²) in [6.07, 6.45) is 6.54. The highest BCUT2D eigenvalue weighted by Gasteiger charge is 2.32. The van der Waals surface area contributed by atoms with Crippen LogP contribution in [0.2, 0.25) is 0 Å². The second kappa shape index (κ2) is 10.5. The molecule has 0 saturated carbocycles. The number of Topliss-reactive ketones (excluding diaryl/α,β-unsaturated/α-hetero) is 1. The molecule has 1 aliphatic carbocycles. The molecular formula is C25H33NO5. The van der Waals surface area contributed by atoms with E-state index < -0.39 is 0 Å². The Kier molecular flexibility index (Phi) is 7.77. The summed E-state index contributed by atoms with van der Waals surface area (Å²) in [5, 5.41) is 0. The van der Waals surface area contributed by atoms with Gasteiger partial charge in [-0.1, -0.05) is 38.7 Å². The number of carbonyl (C=O) groups is 2. The Morgan fingerprint density at radius 3 is 2.52 bits per heavy atom. The predicted octanol–water partition coefficient (Wildman–Crippen LogP) is 5.38. The molecule has 0 radical (unpaired) electrons. The van der Waals surface area contributed by atoms with Gasteiger partial charge in [0, 0.05) is 17.7 Å². The molecular weight excluding hydrogens is 394 g/mol. The quantitative estimate of drug-likeness (QED) is 0.407. The number of H-pyrrole nitrogens is 1. The molecule has 3 rings (SSSR count). The summed E-state index contributed by atoms with van der Waals surface area (Å²) < 4.78 is 16.2. The molecule has 6 nitrogen and oxygen atoms in total. The van der Waals surface area contributed by atoms with Gasteiger partial charge in [0.05, 0.1) is 20.8 Å². The van der Waals surface area contributed by atoms with E-state index in [2.05, 4.69) is 11.9 Å². The number of fused-ring (bicyclic) bond motifs is 1. The Hall–Kier alpha value is -2.76. The van der Waals surface area contributed by atoms with Crippen LogP contribution in [0.4, 0.5) is 0 Å². The zero-order valence-electron chi connectivity index (χ0n) is 19.0. The van der Waals surface area contributed by atoms with E-state index in [4.69, 9.17) is 14.2 Å². The molecule has 1 aliphatic rings. The van der Waals surface area contributed by atoms with Crippen LogP contribution in [0.1, 0.15) is 89.0 Å². The van der Waals surface area contributed by atoms with Gasteiger partial charge in [-0.15, -0.1) is 0 Å². The summed E-state index contributed by atoms with van der Waals surface area (Å²) in [5.74, 6) is 0.986. The number of ketones is 1. The van der Waals surface area contributed by atoms with Crippen LogP contribution in [-0.2, 0) is 11.2 Å². The summed E-state index contributed by atoms with van der Waals surface area (Å²) in [7, 11) is 3.20. The number of hydrogen-bond acceptors (Lipinski definition) is 5. The Morgan fingerprint density at radius 2 is 1.81 bits per heavy atom. The number of methoxy groups -OCH3 is 2. The van der Waals surface area contributed by atoms with Crippen LogP contribution in [-0.4, -0.2) is 37.6 Å². The van der Waals surface area contributed by atoms with Gasteiger partial charge in [-0.3, -0.25) is 4.79 Å². The first kappa shape index (κ1) is 22.9. The van der Waals surface area contributed by atoms with Crippen molar-refractivity contribution < 1.29 is 23.8 Å². The van der Waals surface area contributed by atoms with Gasteiger partial charge in [0.15, 0.2) is 17.3 Å². The first-order chi connectivity index (χ1) is 15.0. The fourth-order valence-corrected chi connectivity index (χ4v) is 4.32. The average Bonchev–Trinajstić information content (AvgIpc) is 3.12. The number of aromatic amines is 1. The van der Waals surface area contributed by atoms with Crippen molar-refractivity contribution in [2.75, 3.05) is 20.8 Å². The zero-order chi connectivity index (χ0) is 22.4. The molecule has 0 unspecified atom stereocenters. The van der Waals surface area contributed by atoms with Gasteiger partial charge in [0.25, 0.3) is 0 Å². The first-order valence-corrected chi connectivity index (χ1v) is 11.1. The fraction of sp³-hybridized carbons (Fsp3) is 0.520. The van der Waals surface area contributed by atoms with Crippen molar-refractivity contribution >= 4 is 11.8 Å². The molecule has 0 amide bonds. The minimum atomic E-state index is -0.377. The number of benzene rings is 1. The Balaban J connectivity index is 1.71. The highest BCUT2D eigenvalue weighted by atomic mass is 16.5. The highest BCUT2D eigenvalue weighted by molar-refractivity contribution is 6.03. The van der Waals surface area contributed by atoms with Crippen LogP contribution >= 0.6 is 0 Å². The predicted molar refractivity (Wildman–Crippen MR) is 120 cm³/mol. The third kappa shape index (κ3) is 5.12. The van der Waals surface area contributed by atoms with Gasteiger partial charge in [-0.2, -0.15) is 0 Å². The third-order valence-corrected chi connectivity index (χ3v) is 6.05. The molecule has 0 bridgehead atoms. The number of unbranched alkanes of at least 4 members (excludes halogenated alkanes) is 4. The van der Waals surface area contributed by atoms with Gasteiger partial charge in [-0.25, -0.2) is 4.79 Å². The number of hydrogen-bond donors (Lipinski definition) is 1. The second-order valence-electron chi connectivity index (χ2n) is 8.17. The number of rotatable bonds is 10. The lowest BCUT2D eigenvalue weighted by Gasteiger charge is -2.23. The summed E-state index contributed by atoms with van der Waals surface area (Å²) in [4.78, 5) is 28.7. The lowest BCUT2D eigenvalue weighted by molar-refractivity contribution is 0.0490. The number of nitrogens with one attached hydrogen (secondary N) is 1. The molecule has 0 fully saturated rings. The van der Waals surface area contributed by atoms with Crippen LogP contribution < -0.4 is 9.47 Å². The number of esters is 1. The SMILES string of the molecule is CCCCCCCOC(=O)c1[nH]c2c(c1C)C(=O)C[C@@H](c1ccc(OC)c(OC)c1)C2. The summed E-state index contributed by atoms with van der Waals surface area (Å²) in [6, 6.07) is 5.75. The van der Waals surface area contributed by atoms with E-state index in [1.807, 2.05) is 25.1 Å². The van der Waals surface area contributed by atoms with Gasteiger partial charge in [0.1, 0.15) is 5.69 Å². The minimum absolute atomic E-state index is 0.0142. The minimum Gasteiger partial charge on any atom is -0.493 e. The average molecular weight is 428 g/mol. The van der Waals surface area contributed by atoms with Gasteiger partial charge >= 0.3 is 5.97 Å². The summed E-state index contributed by atoms with van der Waals surface area (Å²) in [6.45, 7) is 4.41. The zero-order valence-corrected chi connectivity index (χ0v) is 19.0. The Bertz CT molecular complexity index is 930. The number of ether oxygens (including phenoxy) is 3. The molecule has 1 aromatic carbocycles. The number of carbonyl (C=O) groups excluding carboxylic acids is 2. The van der Waals surface area contributed by atoms with E-state index in [1.165, 1.54) is 12.8 Å². The van der Waals surface area contributed by atoms with Crippen LogP contribution in [0, 0.1) is 6.92 Å². The summed E-state index contributed by atoms with van der Waals surface area (Å²) >= 11 is 0. The van der Waals surface area contributed by atoms with Gasteiger partial charge < -0.3 is 19.2 Å². The van der Waals surface area contributed by atoms with E-state index in [0.717, 1.165) is 30.5 Å². The monoisotopic (exact) mass is 427 g/mol. The van der Waals surface area contributed by atoms with Crippen molar-refractivity contribution in [1.29, 1.82) is 0 Å². The van der Waals surface area contributed by atoms with Crippen molar-refractivity contribution in [3.8, 4) is 11.5 Å². The lowest BCUT2D eigenvalue weighted by atomic mass is 9.81. The molecule has 2 aromatic rings. The molecule has 6 heteroatoms. The second-order valence-corrected chi connectivity index (χ2v) is 8.17. The van der Waals surface area contributed by atoms with Crippen LogP contribution in [0.15, 0.2) is 18.2 Å². The standard InChI is InChI=1S/C25H33NO5/c1-5-6-7-8-9-12-31-25(28)24-16(2)23-19(26-24)13-18(14-20(23)27)17-10-11-21(29-3)22(15-17)30-4/h10-11,15,18,26H,5-9,12-14H2,1-4H3/t18-/m0/s1. The van der Waals surface area contributed by atoms with Gasteiger partial charge in [-0.05, 0) is 48.9 Å². The molecule has 168 valence electrons. The van der Waals surface area contributed by atoms with Crippen molar-refractivity contribution in [3.05, 3.63) is 46.3 Å². The molecule has 0 saturated heterocycles. The molecule has 1 heterocycles. The highest BCUT2D eigenvalue weighted by Crippen LogP contribution is 2.38. The van der Waals surface area contributed by atoms with E-state index >= 15 is 0 Å².